The number of fused-ring (bicyclic) bond motifs is 1. The zero-order valence-corrected chi connectivity index (χ0v) is 18.1. The number of carbonyl (C=O) groups excluding carboxylic acids is 1. The molecule has 0 fully saturated rings. The number of hydrogen-bond donors (Lipinski definition) is 6. The molecule has 3 aromatic rings. The molecule has 7 N–H and O–H groups in total. The quantitative estimate of drug-likeness (QED) is 0.216. The fourth-order valence-electron chi connectivity index (χ4n) is 2.75. The van der Waals surface area contributed by atoms with Gasteiger partial charge < -0.3 is 26.6 Å². The van der Waals surface area contributed by atoms with E-state index < -0.39 is 29.4 Å². The number of rotatable bonds is 9. The molecule has 0 saturated heterocycles. The fraction of sp³-hybridized carbons (Fsp3) is 0.211. The number of aliphatic carboxylic acids is 2. The second-order valence-corrected chi connectivity index (χ2v) is 6.71. The van der Waals surface area contributed by atoms with Gasteiger partial charge in [0.15, 0.2) is 11.2 Å². The SMILES string of the molecule is Nc1nc2ncc(CNc3ccc(C(=O)NC(CCC(=O)O)C(=O)O)cc3)nc2c(=O)[nH]1.[Mn]. The van der Waals surface area contributed by atoms with Crippen molar-refractivity contribution in [2.24, 2.45) is 0 Å². The zero-order chi connectivity index (χ0) is 23.3. The number of nitrogen functional groups attached to an aromatic ring is 1. The van der Waals surface area contributed by atoms with Crippen molar-refractivity contribution in [3.63, 3.8) is 0 Å². The summed E-state index contributed by atoms with van der Waals surface area (Å²) in [5.74, 6) is -3.16. The van der Waals surface area contributed by atoms with Crippen LogP contribution in [0, 0.1) is 0 Å². The molecule has 14 heteroatoms. The van der Waals surface area contributed by atoms with Gasteiger partial charge >= 0.3 is 11.9 Å². The van der Waals surface area contributed by atoms with Gasteiger partial charge in [-0.3, -0.25) is 19.4 Å². The summed E-state index contributed by atoms with van der Waals surface area (Å²) in [6, 6.07) is 4.86. The van der Waals surface area contributed by atoms with Crippen LogP contribution in [0.25, 0.3) is 11.2 Å². The monoisotopic (exact) mass is 496 g/mol. The van der Waals surface area contributed by atoms with Crippen LogP contribution >= 0.6 is 0 Å². The molecule has 1 atom stereocenters. The third-order valence-electron chi connectivity index (χ3n) is 4.36. The molecule has 33 heavy (non-hydrogen) atoms. The van der Waals surface area contributed by atoms with Crippen molar-refractivity contribution < 1.29 is 41.7 Å². The smallest absolute Gasteiger partial charge is 0.326 e. The van der Waals surface area contributed by atoms with Crippen molar-refractivity contribution in [3.8, 4) is 0 Å². The first-order chi connectivity index (χ1) is 15.2. The summed E-state index contributed by atoms with van der Waals surface area (Å²) < 4.78 is 0. The molecule has 2 aromatic heterocycles. The van der Waals surface area contributed by atoms with E-state index in [-0.39, 0.29) is 59.1 Å². The number of hydrogen-bond acceptors (Lipinski definition) is 9. The predicted octanol–water partition coefficient (Wildman–Crippen LogP) is -0.0473. The molecule has 0 spiro atoms. The van der Waals surface area contributed by atoms with Gasteiger partial charge in [0.2, 0.25) is 5.95 Å². The van der Waals surface area contributed by atoms with E-state index in [1.807, 2.05) is 0 Å². The van der Waals surface area contributed by atoms with Crippen LogP contribution in [0.3, 0.4) is 0 Å². The van der Waals surface area contributed by atoms with Crippen molar-refractivity contribution in [3.05, 3.63) is 52.1 Å². The van der Waals surface area contributed by atoms with Gasteiger partial charge in [0.05, 0.1) is 18.4 Å². The maximum Gasteiger partial charge on any atom is 0.326 e. The van der Waals surface area contributed by atoms with E-state index in [9.17, 15) is 19.2 Å². The Morgan fingerprint density at radius 1 is 1.12 bits per heavy atom. The summed E-state index contributed by atoms with van der Waals surface area (Å²) in [5, 5.41) is 23.2. The van der Waals surface area contributed by atoms with Crippen LogP contribution in [0.2, 0.25) is 0 Å². The third kappa shape index (κ3) is 6.72. The molecule has 3 rings (SSSR count). The molecule has 13 nitrogen and oxygen atoms in total. The van der Waals surface area contributed by atoms with Gasteiger partial charge in [-0.1, -0.05) is 0 Å². The first-order valence-electron chi connectivity index (χ1n) is 9.33. The van der Waals surface area contributed by atoms with E-state index in [0.29, 0.717) is 11.4 Å². The Labute approximate surface area is 196 Å². The predicted molar refractivity (Wildman–Crippen MR) is 112 cm³/mol. The summed E-state index contributed by atoms with van der Waals surface area (Å²) in [6.07, 6.45) is 0.840. The van der Waals surface area contributed by atoms with Crippen LogP contribution < -0.4 is 21.9 Å². The number of aromatic nitrogens is 4. The van der Waals surface area contributed by atoms with E-state index in [1.165, 1.54) is 18.3 Å². The summed E-state index contributed by atoms with van der Waals surface area (Å²) in [5.41, 5.74) is 6.47. The molecule has 173 valence electrons. The minimum absolute atomic E-state index is 0. The Morgan fingerprint density at radius 3 is 2.45 bits per heavy atom. The van der Waals surface area contributed by atoms with Gasteiger partial charge in [-0.05, 0) is 30.7 Å². The number of carboxylic acid groups (broad SMARTS) is 2. The molecular weight excluding hydrogens is 477 g/mol. The van der Waals surface area contributed by atoms with Gasteiger partial charge in [-0.15, -0.1) is 0 Å². The first kappa shape index (κ1) is 25.2. The Kier molecular flexibility index (Phi) is 8.42. The summed E-state index contributed by atoms with van der Waals surface area (Å²) in [7, 11) is 0. The van der Waals surface area contributed by atoms with E-state index in [1.54, 1.807) is 12.1 Å². The van der Waals surface area contributed by atoms with E-state index in [4.69, 9.17) is 15.9 Å². The number of nitrogens with zero attached hydrogens (tertiary/aromatic N) is 3. The molecule has 0 saturated carbocycles. The van der Waals surface area contributed by atoms with Crippen LogP contribution in [0.4, 0.5) is 11.6 Å². The maximum absolute atomic E-state index is 12.3. The summed E-state index contributed by atoms with van der Waals surface area (Å²) in [4.78, 5) is 60.6. The van der Waals surface area contributed by atoms with Crippen molar-refractivity contribution in [2.45, 2.75) is 25.4 Å². The second kappa shape index (κ2) is 11.0. The van der Waals surface area contributed by atoms with Crippen molar-refractivity contribution in [1.29, 1.82) is 0 Å². The van der Waals surface area contributed by atoms with Crippen LogP contribution in [0.15, 0.2) is 35.3 Å². The molecular formula is C19H19MnN7O6. The van der Waals surface area contributed by atoms with Gasteiger partial charge in [-0.2, -0.15) is 4.98 Å². The number of aromatic amines is 1. The van der Waals surface area contributed by atoms with Crippen LogP contribution in [-0.2, 0) is 33.2 Å². The number of anilines is 2. The van der Waals surface area contributed by atoms with E-state index in [0.717, 1.165) is 0 Å². The number of carboxylic acids is 2. The molecule has 0 aliphatic carbocycles. The first-order valence-corrected chi connectivity index (χ1v) is 9.33. The van der Waals surface area contributed by atoms with E-state index in [2.05, 4.69) is 30.6 Å². The largest absolute Gasteiger partial charge is 0.481 e. The molecule has 0 aliphatic rings. The van der Waals surface area contributed by atoms with Crippen LogP contribution in [0.1, 0.15) is 28.9 Å². The average molecular weight is 496 g/mol. The third-order valence-corrected chi connectivity index (χ3v) is 4.36. The molecule has 0 aliphatic heterocycles. The minimum atomic E-state index is -1.31. The zero-order valence-electron chi connectivity index (χ0n) is 16.9. The molecule has 1 unspecified atom stereocenters. The van der Waals surface area contributed by atoms with Gasteiger partial charge in [0, 0.05) is 34.7 Å². The Balaban J connectivity index is 0.00000385. The molecule has 1 radical (unpaired) electrons. The molecule has 1 aromatic carbocycles. The number of nitrogens with one attached hydrogen (secondary N) is 3. The van der Waals surface area contributed by atoms with Crippen LogP contribution in [0.5, 0.6) is 0 Å². The van der Waals surface area contributed by atoms with Crippen LogP contribution in [-0.4, -0.2) is 54.0 Å². The van der Waals surface area contributed by atoms with Crippen molar-refractivity contribution >= 4 is 40.6 Å². The second-order valence-electron chi connectivity index (χ2n) is 6.71. The number of carbonyl (C=O) groups is 3. The number of nitrogens with two attached hydrogens (primary N) is 1. The fourth-order valence-corrected chi connectivity index (χ4v) is 2.75. The normalized spacial score (nSPS) is 11.3. The topological polar surface area (TPSA) is 213 Å². The van der Waals surface area contributed by atoms with Gasteiger partial charge in [0.25, 0.3) is 11.5 Å². The Bertz CT molecular complexity index is 1230. The Morgan fingerprint density at radius 2 is 1.82 bits per heavy atom. The van der Waals surface area contributed by atoms with Gasteiger partial charge in [-0.25, -0.2) is 14.8 Å². The minimum Gasteiger partial charge on any atom is -0.481 e. The molecule has 1 amide bonds. The standard InChI is InChI=1S/C19H19N7O6.Mn/c20-19-25-15-14(17(30)26-19)23-11(8-22-15)7-21-10-3-1-9(2-4-10)16(29)24-12(18(31)32)5-6-13(27)28;/h1-4,8,12,21H,5-7H2,(H,24,29)(H,27,28)(H,31,32)(H3,20,22,25,26,30);. The average Bonchev–Trinajstić information content (AvgIpc) is 2.75. The maximum atomic E-state index is 12.3. The van der Waals surface area contributed by atoms with Gasteiger partial charge in [0.1, 0.15) is 6.04 Å². The Hall–Kier alpha value is -4.03. The van der Waals surface area contributed by atoms with Crippen molar-refractivity contribution in [2.75, 3.05) is 11.1 Å². The number of H-pyrrole nitrogens is 1. The summed E-state index contributed by atoms with van der Waals surface area (Å²) in [6.45, 7) is 0.231. The molecule has 0 bridgehead atoms. The molecule has 2 heterocycles. The van der Waals surface area contributed by atoms with Crippen molar-refractivity contribution in [1.82, 2.24) is 25.3 Å². The number of amides is 1. The number of benzene rings is 1. The van der Waals surface area contributed by atoms with E-state index >= 15 is 0 Å². The summed E-state index contributed by atoms with van der Waals surface area (Å²) >= 11 is 0.